The maximum absolute atomic E-state index is 15.8. The number of fused-ring (bicyclic) bond motifs is 2. The predicted molar refractivity (Wildman–Crippen MR) is 209 cm³/mol. The molecule has 0 spiro atoms. The first-order valence-corrected chi connectivity index (χ1v) is 19.3. The van der Waals surface area contributed by atoms with E-state index in [1.54, 1.807) is 44.2 Å². The van der Waals surface area contributed by atoms with Crippen molar-refractivity contribution in [1.82, 2.24) is 24.6 Å². The zero-order valence-electron chi connectivity index (χ0n) is 34.4. The molecule has 61 heavy (non-hydrogen) atoms. The van der Waals surface area contributed by atoms with Gasteiger partial charge in [0, 0.05) is 35.8 Å². The zero-order chi connectivity index (χ0) is 44.8. The van der Waals surface area contributed by atoms with Crippen LogP contribution in [0.5, 0.6) is 0 Å². The molecular weight excluding hydrogens is 815 g/mol. The summed E-state index contributed by atoms with van der Waals surface area (Å²) in [6.07, 6.45) is -9.58. The van der Waals surface area contributed by atoms with Crippen LogP contribution in [0.15, 0.2) is 60.8 Å². The van der Waals surface area contributed by atoms with Crippen molar-refractivity contribution in [2.45, 2.75) is 97.9 Å². The Hall–Kier alpha value is -5.91. The van der Waals surface area contributed by atoms with Crippen molar-refractivity contribution in [3.8, 4) is 16.9 Å². The van der Waals surface area contributed by atoms with Gasteiger partial charge in [-0.15, -0.1) is 0 Å². The minimum Gasteiger partial charge on any atom is -0.444 e. The second kappa shape index (κ2) is 16.5. The SMILES string of the molecule is CCc1cccc(CC)c1-n1nc2c(c1-c1ccc(F)c3c1ccn3C(=O)OCOC(=O)CNC(=O)OC(C)(C)C)CN(Cc1ccc(C(F)(F)F)cc1C(F)(F)F)C2(C)C. The van der Waals surface area contributed by atoms with Crippen molar-refractivity contribution < 1.29 is 59.3 Å². The van der Waals surface area contributed by atoms with Crippen molar-refractivity contribution in [3.63, 3.8) is 0 Å². The smallest absolute Gasteiger partial charge is 0.421 e. The number of ether oxygens (including phenoxy) is 3. The molecule has 18 heteroatoms. The standard InChI is InChI=1S/C43H44F7N5O6/c1-8-24-11-10-12-25(9-2)34(24)55-35(30-22-53(41(6,7)37(30)52-55)21-26-13-14-27(42(45,46)47)19-31(26)43(48,49)50)28-15-16-32(44)36-29(28)17-18-54(36)39(58)60-23-59-33(56)20-51-38(57)61-40(3,4)5/h10-19H,8-9,20-23H2,1-7H3,(H,51,57). The molecule has 3 heterocycles. The van der Waals surface area contributed by atoms with E-state index in [1.807, 2.05) is 32.0 Å². The minimum absolute atomic E-state index is 0.00150. The molecule has 0 saturated heterocycles. The van der Waals surface area contributed by atoms with E-state index >= 15 is 4.39 Å². The molecule has 0 fully saturated rings. The number of carbonyl (C=O) groups is 3. The maximum Gasteiger partial charge on any atom is 0.421 e. The van der Waals surface area contributed by atoms with E-state index in [4.69, 9.17) is 19.3 Å². The Balaban J connectivity index is 1.39. The Labute approximate surface area is 346 Å². The highest BCUT2D eigenvalue weighted by Gasteiger charge is 2.45. The molecule has 1 aliphatic heterocycles. The summed E-state index contributed by atoms with van der Waals surface area (Å²) in [5.41, 5.74) is -0.728. The average molecular weight is 860 g/mol. The zero-order valence-corrected chi connectivity index (χ0v) is 34.4. The monoisotopic (exact) mass is 859 g/mol. The third-order valence-electron chi connectivity index (χ3n) is 10.4. The maximum atomic E-state index is 15.8. The molecule has 11 nitrogen and oxygen atoms in total. The lowest BCUT2D eigenvalue weighted by atomic mass is 9.96. The van der Waals surface area contributed by atoms with E-state index in [0.717, 1.165) is 33.5 Å². The summed E-state index contributed by atoms with van der Waals surface area (Å²) in [7, 11) is 0. The molecule has 0 saturated carbocycles. The van der Waals surface area contributed by atoms with Crippen LogP contribution in [0.3, 0.4) is 0 Å². The minimum atomic E-state index is -5.08. The van der Waals surface area contributed by atoms with Gasteiger partial charge < -0.3 is 19.5 Å². The number of carbonyl (C=O) groups excluding carboxylic acids is 3. The van der Waals surface area contributed by atoms with Gasteiger partial charge in [0.25, 0.3) is 0 Å². The van der Waals surface area contributed by atoms with Crippen LogP contribution in [0.25, 0.3) is 27.8 Å². The van der Waals surface area contributed by atoms with Gasteiger partial charge in [-0.25, -0.2) is 23.2 Å². The molecule has 1 aliphatic rings. The summed E-state index contributed by atoms with van der Waals surface area (Å²) < 4.78 is 117. The molecule has 1 N–H and O–H groups in total. The molecular formula is C43H44F7N5O6. The van der Waals surface area contributed by atoms with E-state index in [9.17, 15) is 40.7 Å². The van der Waals surface area contributed by atoms with E-state index < -0.39 is 71.9 Å². The first kappa shape index (κ1) is 44.6. The molecule has 1 amide bonds. The van der Waals surface area contributed by atoms with Crippen LogP contribution in [0.4, 0.5) is 40.3 Å². The number of hydrogen-bond donors (Lipinski definition) is 1. The van der Waals surface area contributed by atoms with Gasteiger partial charge in [-0.1, -0.05) is 38.1 Å². The fourth-order valence-corrected chi connectivity index (χ4v) is 7.47. The van der Waals surface area contributed by atoms with Crippen LogP contribution in [0.1, 0.15) is 87.5 Å². The number of alkyl halides is 6. The van der Waals surface area contributed by atoms with Gasteiger partial charge in [-0.2, -0.15) is 31.4 Å². The topological polar surface area (TPSA) is 117 Å². The molecule has 326 valence electrons. The second-order valence-corrected chi connectivity index (χ2v) is 15.9. The first-order chi connectivity index (χ1) is 28.5. The molecule has 0 radical (unpaired) electrons. The number of benzene rings is 3. The number of nitrogens with one attached hydrogen (secondary N) is 1. The van der Waals surface area contributed by atoms with E-state index in [-0.39, 0.29) is 35.6 Å². The van der Waals surface area contributed by atoms with Crippen LogP contribution < -0.4 is 5.32 Å². The fraction of sp³-hybridized carbons (Fsp3) is 0.395. The van der Waals surface area contributed by atoms with Crippen LogP contribution in [0.2, 0.25) is 0 Å². The fourth-order valence-electron chi connectivity index (χ4n) is 7.47. The number of hydrogen-bond acceptors (Lipinski definition) is 8. The second-order valence-electron chi connectivity index (χ2n) is 15.9. The van der Waals surface area contributed by atoms with E-state index in [0.29, 0.717) is 41.4 Å². The third kappa shape index (κ3) is 9.09. The molecule has 2 aromatic heterocycles. The molecule has 0 atom stereocenters. The van der Waals surface area contributed by atoms with Crippen LogP contribution in [-0.2, 0) is 62.8 Å². The Morgan fingerprint density at radius 1 is 0.869 bits per heavy atom. The number of esters is 1. The highest BCUT2D eigenvalue weighted by Crippen LogP contribution is 2.48. The lowest BCUT2D eigenvalue weighted by Gasteiger charge is -2.33. The molecule has 3 aromatic carbocycles. The number of amides is 1. The lowest BCUT2D eigenvalue weighted by molar-refractivity contribution is -0.150. The number of nitrogens with zero attached hydrogens (tertiary/aromatic N) is 4. The Morgan fingerprint density at radius 2 is 1.54 bits per heavy atom. The molecule has 0 aliphatic carbocycles. The van der Waals surface area contributed by atoms with Crippen molar-refractivity contribution in [3.05, 3.63) is 106 Å². The number of aromatic nitrogens is 3. The summed E-state index contributed by atoms with van der Waals surface area (Å²) in [6.45, 7) is 10.5. The number of alkyl carbamates (subject to hydrolysis) is 1. The summed E-state index contributed by atoms with van der Waals surface area (Å²) in [6, 6.07) is 11.5. The van der Waals surface area contributed by atoms with Crippen molar-refractivity contribution in [2.75, 3.05) is 13.3 Å². The summed E-state index contributed by atoms with van der Waals surface area (Å²) >= 11 is 0. The van der Waals surface area contributed by atoms with Gasteiger partial charge in [0.05, 0.1) is 39.3 Å². The number of aryl methyl sites for hydroxylation is 2. The van der Waals surface area contributed by atoms with E-state index in [1.165, 1.54) is 18.3 Å². The van der Waals surface area contributed by atoms with Crippen molar-refractivity contribution in [2.24, 2.45) is 0 Å². The lowest BCUT2D eigenvalue weighted by Crippen LogP contribution is -2.36. The van der Waals surface area contributed by atoms with Crippen molar-refractivity contribution >= 4 is 29.1 Å². The number of rotatable bonds is 10. The van der Waals surface area contributed by atoms with Gasteiger partial charge in [-0.05, 0) is 94.5 Å². The van der Waals surface area contributed by atoms with Crippen LogP contribution in [0, 0.1) is 5.82 Å². The van der Waals surface area contributed by atoms with Crippen LogP contribution >= 0.6 is 0 Å². The molecule has 5 aromatic rings. The Bertz CT molecular complexity index is 2480. The van der Waals surface area contributed by atoms with Gasteiger partial charge in [0.1, 0.15) is 18.0 Å². The average Bonchev–Trinajstić information content (AvgIpc) is 3.85. The number of para-hydroxylation sites is 1. The Kier molecular flexibility index (Phi) is 12.1. The van der Waals surface area contributed by atoms with Crippen molar-refractivity contribution in [1.29, 1.82) is 0 Å². The summed E-state index contributed by atoms with van der Waals surface area (Å²) in [5, 5.41) is 7.57. The first-order valence-electron chi connectivity index (χ1n) is 19.3. The molecule has 0 bridgehead atoms. The number of halogens is 7. The van der Waals surface area contributed by atoms with Crippen LogP contribution in [-0.4, -0.2) is 56.3 Å². The largest absolute Gasteiger partial charge is 0.444 e. The highest BCUT2D eigenvalue weighted by molar-refractivity contribution is 6.00. The van der Waals surface area contributed by atoms with E-state index in [2.05, 4.69) is 5.32 Å². The summed E-state index contributed by atoms with van der Waals surface area (Å²) in [5.74, 6) is -1.76. The third-order valence-corrected chi connectivity index (χ3v) is 10.4. The van der Waals surface area contributed by atoms with Gasteiger partial charge >= 0.3 is 30.5 Å². The normalized spacial score (nSPS) is 14.3. The Morgan fingerprint density at radius 3 is 2.15 bits per heavy atom. The predicted octanol–water partition coefficient (Wildman–Crippen LogP) is 10.1. The van der Waals surface area contributed by atoms with Gasteiger partial charge in [0.2, 0.25) is 6.79 Å². The molecule has 0 unspecified atom stereocenters. The summed E-state index contributed by atoms with van der Waals surface area (Å²) in [4.78, 5) is 39.1. The van der Waals surface area contributed by atoms with Gasteiger partial charge in [-0.3, -0.25) is 9.69 Å². The van der Waals surface area contributed by atoms with Gasteiger partial charge in [0.15, 0.2) is 0 Å². The molecule has 6 rings (SSSR count). The quantitative estimate of drug-likeness (QED) is 0.0839. The highest BCUT2D eigenvalue weighted by atomic mass is 19.4.